The average Bonchev–Trinajstić information content (AvgIpc) is 2.99. The molecule has 0 saturated heterocycles. The normalized spacial score (nSPS) is 13.6. The number of hydrogen-bond acceptors (Lipinski definition) is 5. The highest BCUT2D eigenvalue weighted by Crippen LogP contribution is 2.35. The minimum absolute atomic E-state index is 0.0768. The molecule has 0 atom stereocenters. The molecule has 0 bridgehead atoms. The summed E-state index contributed by atoms with van der Waals surface area (Å²) >= 11 is 6.24. The van der Waals surface area contributed by atoms with Crippen molar-refractivity contribution in [3.63, 3.8) is 0 Å². The van der Waals surface area contributed by atoms with Gasteiger partial charge in [-0.15, -0.1) is 0 Å². The first-order valence-electron chi connectivity index (χ1n) is 10.1. The number of benzene rings is 3. The molecule has 166 valence electrons. The molecule has 1 aliphatic heterocycles. The minimum Gasteiger partial charge on any atom is -0.350 e. The van der Waals surface area contributed by atoms with E-state index in [9.17, 15) is 19.7 Å². The van der Waals surface area contributed by atoms with Crippen molar-refractivity contribution in [1.82, 2.24) is 0 Å². The summed E-state index contributed by atoms with van der Waals surface area (Å²) in [5, 5.41) is 14.6. The largest absolute Gasteiger partial charge is 0.350 e. The van der Waals surface area contributed by atoms with Crippen LogP contribution in [0.1, 0.15) is 22.3 Å². The van der Waals surface area contributed by atoms with Crippen molar-refractivity contribution in [2.75, 3.05) is 10.2 Å². The average molecular weight is 462 g/mol. The van der Waals surface area contributed by atoms with Crippen LogP contribution >= 0.6 is 11.6 Å². The number of nitrogens with one attached hydrogen (secondary N) is 1. The maximum absolute atomic E-state index is 13.5. The fourth-order valence-electron chi connectivity index (χ4n) is 3.79. The van der Waals surface area contributed by atoms with Gasteiger partial charge in [0.2, 0.25) is 0 Å². The second-order valence-electron chi connectivity index (χ2n) is 7.93. The van der Waals surface area contributed by atoms with Gasteiger partial charge in [-0.25, -0.2) is 4.90 Å². The summed E-state index contributed by atoms with van der Waals surface area (Å²) < 4.78 is 0. The van der Waals surface area contributed by atoms with Crippen LogP contribution in [0.15, 0.2) is 66.4 Å². The summed E-state index contributed by atoms with van der Waals surface area (Å²) in [6, 6.07) is 16.3. The molecule has 0 spiro atoms. The van der Waals surface area contributed by atoms with Crippen molar-refractivity contribution in [3.05, 3.63) is 104 Å². The van der Waals surface area contributed by atoms with Crippen LogP contribution < -0.4 is 10.2 Å². The number of carbonyl (C=O) groups excluding carboxylic acids is 2. The van der Waals surface area contributed by atoms with E-state index in [0.717, 1.165) is 21.6 Å². The van der Waals surface area contributed by atoms with Gasteiger partial charge in [-0.2, -0.15) is 0 Å². The van der Waals surface area contributed by atoms with Crippen molar-refractivity contribution in [2.45, 2.75) is 20.8 Å². The van der Waals surface area contributed by atoms with Crippen LogP contribution in [0.25, 0.3) is 5.57 Å². The quantitative estimate of drug-likeness (QED) is 0.304. The SMILES string of the molecule is Cc1cc(C)cc(N2C(=O)C(Nc3ccc(C)c(Cl)c3)=C(c3ccc([N+](=O)[O-])cc3)C2=O)c1. The van der Waals surface area contributed by atoms with Gasteiger partial charge in [-0.05, 0) is 79.4 Å². The zero-order chi connectivity index (χ0) is 23.9. The molecule has 0 aliphatic carbocycles. The van der Waals surface area contributed by atoms with E-state index in [4.69, 9.17) is 11.6 Å². The summed E-state index contributed by atoms with van der Waals surface area (Å²) in [6.45, 7) is 5.64. The Kier molecular flexibility index (Phi) is 5.74. The highest BCUT2D eigenvalue weighted by Gasteiger charge is 2.40. The Morgan fingerprint density at radius 1 is 0.879 bits per heavy atom. The lowest BCUT2D eigenvalue weighted by Crippen LogP contribution is -2.32. The monoisotopic (exact) mass is 461 g/mol. The third kappa shape index (κ3) is 4.23. The number of nitro groups is 1. The number of imide groups is 1. The standard InChI is InChI=1S/C25H20ClN3O4/c1-14-10-15(2)12-20(11-14)28-24(30)22(17-5-8-19(9-6-17)29(32)33)23(25(28)31)27-18-7-4-16(3)21(26)13-18/h4-13,27H,1-3H3. The molecule has 4 rings (SSSR count). The fourth-order valence-corrected chi connectivity index (χ4v) is 3.97. The third-order valence-corrected chi connectivity index (χ3v) is 5.76. The molecule has 1 N–H and O–H groups in total. The predicted octanol–water partition coefficient (Wildman–Crippen LogP) is 5.57. The molecular weight excluding hydrogens is 442 g/mol. The number of carbonyl (C=O) groups is 2. The molecule has 7 nitrogen and oxygen atoms in total. The zero-order valence-corrected chi connectivity index (χ0v) is 18.9. The van der Waals surface area contributed by atoms with Gasteiger partial charge in [0, 0.05) is 22.8 Å². The van der Waals surface area contributed by atoms with Gasteiger partial charge in [0.25, 0.3) is 17.5 Å². The van der Waals surface area contributed by atoms with Crippen LogP contribution in [0, 0.1) is 30.9 Å². The molecule has 1 heterocycles. The number of hydrogen-bond donors (Lipinski definition) is 1. The lowest BCUT2D eigenvalue weighted by atomic mass is 10.0. The lowest BCUT2D eigenvalue weighted by Gasteiger charge is -2.17. The second-order valence-corrected chi connectivity index (χ2v) is 8.34. The Bertz CT molecular complexity index is 1330. The molecule has 3 aromatic rings. The van der Waals surface area contributed by atoms with Gasteiger partial charge in [0.15, 0.2) is 0 Å². The number of nitro benzene ring substituents is 1. The Morgan fingerprint density at radius 2 is 1.52 bits per heavy atom. The molecule has 0 radical (unpaired) electrons. The van der Waals surface area contributed by atoms with E-state index in [1.165, 1.54) is 24.3 Å². The lowest BCUT2D eigenvalue weighted by molar-refractivity contribution is -0.384. The Morgan fingerprint density at radius 3 is 2.09 bits per heavy atom. The van der Waals surface area contributed by atoms with Gasteiger partial charge < -0.3 is 5.32 Å². The number of rotatable bonds is 5. The van der Waals surface area contributed by atoms with E-state index in [0.29, 0.717) is 22.0 Å². The molecule has 33 heavy (non-hydrogen) atoms. The van der Waals surface area contributed by atoms with E-state index in [1.54, 1.807) is 30.3 Å². The van der Waals surface area contributed by atoms with E-state index in [2.05, 4.69) is 5.32 Å². The molecule has 1 aliphatic rings. The van der Waals surface area contributed by atoms with E-state index >= 15 is 0 Å². The maximum Gasteiger partial charge on any atom is 0.282 e. The summed E-state index contributed by atoms with van der Waals surface area (Å²) in [6.07, 6.45) is 0. The topological polar surface area (TPSA) is 92.6 Å². The maximum atomic E-state index is 13.5. The first kappa shape index (κ1) is 22.2. The number of nitrogens with zero attached hydrogens (tertiary/aromatic N) is 2. The molecule has 2 amide bonds. The second kappa shape index (κ2) is 8.52. The van der Waals surface area contributed by atoms with Crippen LogP contribution in [0.4, 0.5) is 17.1 Å². The summed E-state index contributed by atoms with van der Waals surface area (Å²) in [4.78, 5) is 38.7. The van der Waals surface area contributed by atoms with Crippen molar-refractivity contribution < 1.29 is 14.5 Å². The van der Waals surface area contributed by atoms with Crippen LogP contribution in [0.2, 0.25) is 5.02 Å². The summed E-state index contributed by atoms with van der Waals surface area (Å²) in [5.41, 5.74) is 4.19. The van der Waals surface area contributed by atoms with Crippen molar-refractivity contribution in [3.8, 4) is 0 Å². The zero-order valence-electron chi connectivity index (χ0n) is 18.2. The van der Waals surface area contributed by atoms with Crippen LogP contribution in [0.3, 0.4) is 0 Å². The molecular formula is C25H20ClN3O4. The highest BCUT2D eigenvalue weighted by atomic mass is 35.5. The van der Waals surface area contributed by atoms with Gasteiger partial charge in [-0.3, -0.25) is 19.7 Å². The smallest absolute Gasteiger partial charge is 0.282 e. The third-order valence-electron chi connectivity index (χ3n) is 5.36. The summed E-state index contributed by atoms with van der Waals surface area (Å²) in [7, 11) is 0. The minimum atomic E-state index is -0.519. The number of amides is 2. The summed E-state index contributed by atoms with van der Waals surface area (Å²) in [5.74, 6) is -1.03. The molecule has 3 aromatic carbocycles. The Hall–Kier alpha value is -3.97. The number of anilines is 2. The first-order chi connectivity index (χ1) is 15.7. The number of halogens is 1. The van der Waals surface area contributed by atoms with Crippen LogP contribution in [-0.2, 0) is 9.59 Å². The molecule has 0 fully saturated rings. The van der Waals surface area contributed by atoms with Crippen LogP contribution in [0.5, 0.6) is 0 Å². The highest BCUT2D eigenvalue weighted by molar-refractivity contribution is 6.46. The van der Waals surface area contributed by atoms with Crippen molar-refractivity contribution in [2.24, 2.45) is 0 Å². The molecule has 0 aromatic heterocycles. The van der Waals surface area contributed by atoms with Gasteiger partial charge >= 0.3 is 0 Å². The Balaban J connectivity index is 1.84. The van der Waals surface area contributed by atoms with Gasteiger partial charge in [0.1, 0.15) is 5.70 Å². The van der Waals surface area contributed by atoms with Gasteiger partial charge in [-0.1, -0.05) is 23.7 Å². The van der Waals surface area contributed by atoms with Gasteiger partial charge in [0.05, 0.1) is 16.2 Å². The fraction of sp³-hybridized carbons (Fsp3) is 0.120. The molecule has 0 unspecified atom stereocenters. The number of non-ortho nitro benzene ring substituents is 1. The molecule has 8 heteroatoms. The first-order valence-corrected chi connectivity index (χ1v) is 10.5. The van der Waals surface area contributed by atoms with Crippen molar-refractivity contribution >= 4 is 46.1 Å². The van der Waals surface area contributed by atoms with E-state index < -0.39 is 16.7 Å². The number of aryl methyl sites for hydroxylation is 3. The van der Waals surface area contributed by atoms with E-state index in [-0.39, 0.29) is 17.0 Å². The van der Waals surface area contributed by atoms with E-state index in [1.807, 2.05) is 26.8 Å². The Labute approximate surface area is 195 Å². The van der Waals surface area contributed by atoms with Crippen LogP contribution in [-0.4, -0.2) is 16.7 Å². The predicted molar refractivity (Wildman–Crippen MR) is 128 cm³/mol. The molecule has 0 saturated carbocycles. The van der Waals surface area contributed by atoms with Crippen molar-refractivity contribution in [1.29, 1.82) is 0 Å².